The van der Waals surface area contributed by atoms with Gasteiger partial charge in [-0.2, -0.15) is 0 Å². The fourth-order valence-electron chi connectivity index (χ4n) is 3.23. The summed E-state index contributed by atoms with van der Waals surface area (Å²) in [6, 6.07) is 12.9. The van der Waals surface area contributed by atoms with Gasteiger partial charge in [-0.15, -0.1) is 0 Å². The summed E-state index contributed by atoms with van der Waals surface area (Å²) in [4.78, 5) is 14.7. The van der Waals surface area contributed by atoms with E-state index in [1.807, 2.05) is 6.07 Å². The van der Waals surface area contributed by atoms with Crippen molar-refractivity contribution < 1.29 is 23.4 Å². The van der Waals surface area contributed by atoms with Gasteiger partial charge in [0.2, 0.25) is 0 Å². The van der Waals surface area contributed by atoms with Crippen LogP contribution in [0.2, 0.25) is 0 Å². The molecule has 1 saturated heterocycles. The fourth-order valence-corrected chi connectivity index (χ4v) is 3.23. The second-order valence-electron chi connectivity index (χ2n) is 6.51. The zero-order valence-corrected chi connectivity index (χ0v) is 14.0. The van der Waals surface area contributed by atoms with Gasteiger partial charge in [-0.05, 0) is 24.3 Å². The molecule has 1 heterocycles. The van der Waals surface area contributed by atoms with Crippen LogP contribution >= 0.6 is 0 Å². The van der Waals surface area contributed by atoms with E-state index < -0.39 is 5.82 Å². The van der Waals surface area contributed by atoms with Crippen LogP contribution in [-0.4, -0.2) is 38.6 Å². The summed E-state index contributed by atoms with van der Waals surface area (Å²) < 4.78 is 26.8. The lowest BCUT2D eigenvalue weighted by Gasteiger charge is -2.29. The molecule has 1 aliphatic rings. The Bertz CT molecular complexity index is 730. The van der Waals surface area contributed by atoms with Crippen molar-refractivity contribution in [3.8, 4) is 0 Å². The molecule has 132 valence electrons. The van der Waals surface area contributed by atoms with Crippen molar-refractivity contribution in [2.24, 2.45) is 0 Å². The number of anilines is 1. The van der Waals surface area contributed by atoms with E-state index >= 15 is 0 Å². The maximum absolute atomic E-state index is 13.6. The predicted octanol–water partition coefficient (Wildman–Crippen LogP) is -0.113. The Morgan fingerprint density at radius 3 is 2.40 bits per heavy atom. The Hall–Kier alpha value is -2.31. The molecule has 1 fully saturated rings. The van der Waals surface area contributed by atoms with Crippen LogP contribution in [0.5, 0.6) is 0 Å². The third kappa shape index (κ3) is 5.08. The van der Waals surface area contributed by atoms with Gasteiger partial charge < -0.3 is 15.1 Å². The van der Waals surface area contributed by atoms with E-state index in [0.717, 1.165) is 38.3 Å². The molecule has 1 amide bonds. The minimum atomic E-state index is -0.421. The van der Waals surface area contributed by atoms with Crippen LogP contribution in [0, 0.1) is 11.6 Å². The Morgan fingerprint density at radius 2 is 1.68 bits per heavy atom. The quantitative estimate of drug-likeness (QED) is 0.694. The van der Waals surface area contributed by atoms with Gasteiger partial charge in [0.25, 0.3) is 5.91 Å². The van der Waals surface area contributed by atoms with Crippen LogP contribution in [0.15, 0.2) is 48.5 Å². The topological polar surface area (TPSA) is 38.0 Å². The molecule has 6 heteroatoms. The molecule has 3 N–H and O–H groups in total. The molecule has 0 atom stereocenters. The van der Waals surface area contributed by atoms with Crippen LogP contribution in [0.4, 0.5) is 14.5 Å². The van der Waals surface area contributed by atoms with Crippen LogP contribution in [0.25, 0.3) is 0 Å². The Labute approximate surface area is 146 Å². The third-order valence-corrected chi connectivity index (χ3v) is 4.57. The van der Waals surface area contributed by atoms with Crippen molar-refractivity contribution in [3.05, 3.63) is 65.7 Å². The lowest BCUT2D eigenvalue weighted by Crippen LogP contribution is -3.28. The van der Waals surface area contributed by atoms with Crippen molar-refractivity contribution in [1.82, 2.24) is 0 Å². The Balaban J connectivity index is 1.44. The largest absolute Gasteiger partial charge is 0.322 e. The molecule has 0 spiro atoms. The second-order valence-corrected chi connectivity index (χ2v) is 6.51. The lowest BCUT2D eigenvalue weighted by atomic mass is 10.2. The maximum atomic E-state index is 13.6. The van der Waals surface area contributed by atoms with Gasteiger partial charge in [0, 0.05) is 5.56 Å². The molecule has 0 radical (unpaired) electrons. The van der Waals surface area contributed by atoms with Gasteiger partial charge in [-0.3, -0.25) is 4.79 Å². The number of nitrogens with one attached hydrogen (secondary N) is 3. The zero-order chi connectivity index (χ0) is 17.6. The number of hydrogen-bond donors (Lipinski definition) is 3. The van der Waals surface area contributed by atoms with Gasteiger partial charge in [0.1, 0.15) is 44.4 Å². The van der Waals surface area contributed by atoms with E-state index in [2.05, 4.69) is 5.32 Å². The van der Waals surface area contributed by atoms with Gasteiger partial charge in [0.15, 0.2) is 6.54 Å². The van der Waals surface area contributed by atoms with Crippen molar-refractivity contribution in [1.29, 1.82) is 0 Å². The molecule has 0 saturated carbocycles. The molecule has 0 aliphatic carbocycles. The predicted molar refractivity (Wildman–Crippen MR) is 91.4 cm³/mol. The maximum Gasteiger partial charge on any atom is 0.279 e. The van der Waals surface area contributed by atoms with Crippen molar-refractivity contribution >= 4 is 11.6 Å². The van der Waals surface area contributed by atoms with Crippen molar-refractivity contribution in [3.63, 3.8) is 0 Å². The summed E-state index contributed by atoms with van der Waals surface area (Å²) in [6.07, 6.45) is 0. The highest BCUT2D eigenvalue weighted by molar-refractivity contribution is 5.91. The van der Waals surface area contributed by atoms with Crippen LogP contribution < -0.4 is 15.1 Å². The summed E-state index contributed by atoms with van der Waals surface area (Å²) in [7, 11) is 0. The van der Waals surface area contributed by atoms with Gasteiger partial charge in [-0.25, -0.2) is 8.78 Å². The number of halogens is 2. The van der Waals surface area contributed by atoms with E-state index in [1.54, 1.807) is 30.3 Å². The standard InChI is InChI=1S/C19H21F2N3O/c20-16-5-3-4-15(12-16)13-23-8-10-24(11-9-23)14-19(25)22-18-7-2-1-6-17(18)21/h1-7,12H,8-11,13-14H2,(H,22,25)/p+2. The van der Waals surface area contributed by atoms with E-state index in [4.69, 9.17) is 0 Å². The molecule has 0 bridgehead atoms. The highest BCUT2D eigenvalue weighted by Crippen LogP contribution is 2.11. The summed E-state index contributed by atoms with van der Waals surface area (Å²) in [5, 5.41) is 2.63. The van der Waals surface area contributed by atoms with Crippen molar-refractivity contribution in [2.75, 3.05) is 38.0 Å². The van der Waals surface area contributed by atoms with Crippen LogP contribution in [0.1, 0.15) is 5.56 Å². The average Bonchev–Trinajstić information content (AvgIpc) is 2.59. The number of carbonyl (C=O) groups excluding carboxylic acids is 1. The average molecular weight is 347 g/mol. The first-order chi connectivity index (χ1) is 12.1. The highest BCUT2D eigenvalue weighted by atomic mass is 19.1. The smallest absolute Gasteiger partial charge is 0.279 e. The molecule has 0 unspecified atom stereocenters. The number of para-hydroxylation sites is 1. The normalized spacial score (nSPS) is 20.2. The number of quaternary nitrogens is 2. The Morgan fingerprint density at radius 1 is 0.960 bits per heavy atom. The van der Waals surface area contributed by atoms with Gasteiger partial charge in [0.05, 0.1) is 5.69 Å². The summed E-state index contributed by atoms with van der Waals surface area (Å²) in [6.45, 7) is 4.73. The molecule has 25 heavy (non-hydrogen) atoms. The number of carbonyl (C=O) groups is 1. The molecule has 4 nitrogen and oxygen atoms in total. The molecular formula is C19H23F2N3O+2. The second kappa shape index (κ2) is 8.18. The van der Waals surface area contributed by atoms with E-state index in [1.165, 1.54) is 21.9 Å². The molecule has 3 rings (SSSR count). The minimum Gasteiger partial charge on any atom is -0.322 e. The van der Waals surface area contributed by atoms with Crippen molar-refractivity contribution in [2.45, 2.75) is 6.54 Å². The first-order valence-electron chi connectivity index (χ1n) is 8.56. The fraction of sp³-hybridized carbons (Fsp3) is 0.316. The first-order valence-corrected chi connectivity index (χ1v) is 8.56. The molecule has 1 aliphatic heterocycles. The highest BCUT2D eigenvalue weighted by Gasteiger charge is 2.25. The Kier molecular flexibility index (Phi) is 5.73. The summed E-state index contributed by atoms with van der Waals surface area (Å²) in [5.41, 5.74) is 1.22. The minimum absolute atomic E-state index is 0.173. The van der Waals surface area contributed by atoms with E-state index in [-0.39, 0.29) is 17.4 Å². The van der Waals surface area contributed by atoms with E-state index in [0.29, 0.717) is 6.54 Å². The number of amides is 1. The summed E-state index contributed by atoms with van der Waals surface area (Å²) >= 11 is 0. The van der Waals surface area contributed by atoms with Crippen LogP contribution in [-0.2, 0) is 11.3 Å². The SMILES string of the molecule is O=C(C[NH+]1CC[NH+](Cc2cccc(F)c2)CC1)Nc1ccccc1F. The number of piperazine rings is 1. The summed E-state index contributed by atoms with van der Waals surface area (Å²) in [5.74, 6) is -0.796. The number of rotatable bonds is 5. The number of hydrogen-bond acceptors (Lipinski definition) is 1. The number of benzene rings is 2. The first kappa shape index (κ1) is 17.5. The molecule has 0 aromatic heterocycles. The molecular weight excluding hydrogens is 324 g/mol. The van der Waals surface area contributed by atoms with E-state index in [9.17, 15) is 13.6 Å². The molecule has 2 aromatic carbocycles. The monoisotopic (exact) mass is 347 g/mol. The lowest BCUT2D eigenvalue weighted by molar-refractivity contribution is -1.02. The van der Waals surface area contributed by atoms with Crippen LogP contribution in [0.3, 0.4) is 0 Å². The molecule has 2 aromatic rings. The van der Waals surface area contributed by atoms with Gasteiger partial charge >= 0.3 is 0 Å². The third-order valence-electron chi connectivity index (χ3n) is 4.57. The van der Waals surface area contributed by atoms with Gasteiger partial charge in [-0.1, -0.05) is 24.3 Å². The zero-order valence-electron chi connectivity index (χ0n) is 14.0.